The maximum absolute atomic E-state index is 12.1. The summed E-state index contributed by atoms with van der Waals surface area (Å²) in [6.45, 7) is 15.5. The highest BCUT2D eigenvalue weighted by atomic mass is 16.6. The van der Waals surface area contributed by atoms with E-state index in [0.717, 1.165) is 16.7 Å². The fraction of sp³-hybridized carbons (Fsp3) is 0.364. The number of hydrogen-bond acceptors (Lipinski definition) is 9. The second kappa shape index (κ2) is 17.4. The summed E-state index contributed by atoms with van der Waals surface area (Å²) in [5.41, 5.74) is 3.90. The van der Waals surface area contributed by atoms with E-state index in [4.69, 9.17) is 23.7 Å². The Balaban J connectivity index is 2.56. The Morgan fingerprint density at radius 3 is 1.74 bits per heavy atom. The van der Waals surface area contributed by atoms with Crippen LogP contribution in [0.1, 0.15) is 38.3 Å². The Morgan fingerprint density at radius 2 is 1.21 bits per heavy atom. The first-order valence-electron chi connectivity index (χ1n) is 13.6. The molecule has 0 aliphatic carbocycles. The van der Waals surface area contributed by atoms with Crippen LogP contribution < -0.4 is 9.47 Å². The molecule has 0 amide bonds. The first kappa shape index (κ1) is 33.8. The van der Waals surface area contributed by atoms with E-state index in [-0.39, 0.29) is 56.4 Å². The number of carbonyl (C=O) groups is 3. The zero-order valence-corrected chi connectivity index (χ0v) is 24.7. The molecule has 0 aromatic heterocycles. The first-order valence-corrected chi connectivity index (χ1v) is 13.6. The predicted molar refractivity (Wildman–Crippen MR) is 159 cm³/mol. The van der Waals surface area contributed by atoms with Gasteiger partial charge in [0.15, 0.2) is 0 Å². The monoisotopic (exact) mass is 580 g/mol. The summed E-state index contributed by atoms with van der Waals surface area (Å²) in [5, 5.41) is 9.64. The fourth-order valence-electron chi connectivity index (χ4n) is 3.82. The Bertz CT molecular complexity index is 1280. The van der Waals surface area contributed by atoms with Crippen molar-refractivity contribution in [3.8, 4) is 22.6 Å². The second-order valence-electron chi connectivity index (χ2n) is 9.60. The second-order valence-corrected chi connectivity index (χ2v) is 9.60. The van der Waals surface area contributed by atoms with Gasteiger partial charge in [-0.05, 0) is 50.8 Å². The molecule has 0 saturated heterocycles. The minimum absolute atomic E-state index is 0.00252. The molecule has 9 nitrogen and oxygen atoms in total. The van der Waals surface area contributed by atoms with Crippen LogP contribution in [0.5, 0.6) is 11.5 Å². The minimum atomic E-state index is -0.530. The maximum atomic E-state index is 12.1. The molecular formula is C33H40O9. The molecule has 1 N–H and O–H groups in total. The Kier molecular flexibility index (Phi) is 14.1. The number of aliphatic hydroxyl groups excluding tert-OH is 1. The van der Waals surface area contributed by atoms with Gasteiger partial charge in [0, 0.05) is 40.9 Å². The normalized spacial score (nSPS) is 10.4. The average molecular weight is 581 g/mol. The minimum Gasteiger partial charge on any atom is -0.490 e. The van der Waals surface area contributed by atoms with Crippen molar-refractivity contribution < 1.29 is 43.2 Å². The lowest BCUT2D eigenvalue weighted by molar-refractivity contribution is -0.140. The highest BCUT2D eigenvalue weighted by Crippen LogP contribution is 2.41. The molecule has 2 aromatic carbocycles. The Hall–Kier alpha value is -4.37. The molecule has 0 aliphatic heterocycles. The summed E-state index contributed by atoms with van der Waals surface area (Å²) >= 11 is 0. The van der Waals surface area contributed by atoms with Gasteiger partial charge in [-0.15, -0.1) is 0 Å². The van der Waals surface area contributed by atoms with Crippen molar-refractivity contribution in [2.75, 3.05) is 39.6 Å². The van der Waals surface area contributed by atoms with Crippen LogP contribution in [-0.4, -0.2) is 62.7 Å². The summed E-state index contributed by atoms with van der Waals surface area (Å²) < 4.78 is 28.2. The van der Waals surface area contributed by atoms with Gasteiger partial charge >= 0.3 is 17.9 Å². The van der Waals surface area contributed by atoms with Crippen molar-refractivity contribution >= 4 is 17.9 Å². The van der Waals surface area contributed by atoms with E-state index in [1.165, 1.54) is 0 Å². The van der Waals surface area contributed by atoms with Gasteiger partial charge in [0.2, 0.25) is 0 Å². The van der Waals surface area contributed by atoms with Crippen LogP contribution in [0, 0.1) is 0 Å². The molecule has 2 aromatic rings. The standard InChI is InChI=1S/C33H40O9/c1-22(2)31(35)40-16-14-26-28(25-11-8-7-9-12-25)21-29(38-17-19-41-32(36)23(3)4)27(13-10-15-34)30(26)39-18-20-42-33(37)24(5)6/h7-9,11-12,21,34H,1,3,5,10,13-20H2,2,4,6H3. The van der Waals surface area contributed by atoms with Crippen LogP contribution in [0.2, 0.25) is 0 Å². The largest absolute Gasteiger partial charge is 0.490 e. The maximum Gasteiger partial charge on any atom is 0.333 e. The lowest BCUT2D eigenvalue weighted by atomic mass is 9.92. The van der Waals surface area contributed by atoms with Gasteiger partial charge in [0.05, 0.1) is 6.61 Å². The molecule has 0 heterocycles. The molecule has 0 atom stereocenters. The zero-order chi connectivity index (χ0) is 31.1. The van der Waals surface area contributed by atoms with E-state index in [2.05, 4.69) is 19.7 Å². The third-order valence-electron chi connectivity index (χ3n) is 5.88. The van der Waals surface area contributed by atoms with Gasteiger partial charge in [0.25, 0.3) is 0 Å². The lowest BCUT2D eigenvalue weighted by Crippen LogP contribution is -2.17. The number of aliphatic hydroxyl groups is 1. The van der Waals surface area contributed by atoms with E-state index >= 15 is 0 Å². The molecule has 0 fully saturated rings. The van der Waals surface area contributed by atoms with Gasteiger partial charge in [0.1, 0.15) is 37.9 Å². The number of carbonyl (C=O) groups excluding carboxylic acids is 3. The first-order chi connectivity index (χ1) is 20.1. The molecule has 42 heavy (non-hydrogen) atoms. The molecular weight excluding hydrogens is 540 g/mol. The van der Waals surface area contributed by atoms with Crippen LogP contribution >= 0.6 is 0 Å². The number of ether oxygens (including phenoxy) is 5. The quantitative estimate of drug-likeness (QED) is 0.113. The van der Waals surface area contributed by atoms with Gasteiger partial charge in [-0.3, -0.25) is 0 Å². The smallest absolute Gasteiger partial charge is 0.333 e. The average Bonchev–Trinajstić information content (AvgIpc) is 2.97. The summed E-state index contributed by atoms with van der Waals surface area (Å²) in [5.74, 6) is -0.605. The molecule has 2 rings (SSSR count). The van der Waals surface area contributed by atoms with E-state index in [0.29, 0.717) is 36.3 Å². The highest BCUT2D eigenvalue weighted by molar-refractivity contribution is 5.87. The summed E-state index contributed by atoms with van der Waals surface area (Å²) in [6.07, 6.45) is 1.11. The van der Waals surface area contributed by atoms with Crippen molar-refractivity contribution in [2.24, 2.45) is 0 Å². The number of esters is 3. The van der Waals surface area contributed by atoms with Crippen LogP contribution in [0.25, 0.3) is 11.1 Å². The summed E-state index contributed by atoms with van der Waals surface area (Å²) in [6, 6.07) is 11.4. The van der Waals surface area contributed by atoms with Crippen LogP contribution in [0.15, 0.2) is 72.9 Å². The number of benzene rings is 2. The number of hydrogen-bond donors (Lipinski definition) is 1. The van der Waals surface area contributed by atoms with Gasteiger partial charge in [-0.2, -0.15) is 0 Å². The Morgan fingerprint density at radius 1 is 0.690 bits per heavy atom. The van der Waals surface area contributed by atoms with Crippen molar-refractivity contribution in [2.45, 2.75) is 40.0 Å². The third-order valence-corrected chi connectivity index (χ3v) is 5.88. The molecule has 9 heteroatoms. The Labute approximate surface area is 247 Å². The predicted octanol–water partition coefficient (Wildman–Crippen LogP) is 4.94. The number of rotatable bonds is 18. The van der Waals surface area contributed by atoms with E-state index < -0.39 is 17.9 Å². The van der Waals surface area contributed by atoms with Crippen molar-refractivity contribution in [1.82, 2.24) is 0 Å². The highest BCUT2D eigenvalue weighted by Gasteiger charge is 2.22. The molecule has 0 unspecified atom stereocenters. The molecule has 0 radical (unpaired) electrons. The molecule has 226 valence electrons. The van der Waals surface area contributed by atoms with Crippen LogP contribution in [-0.2, 0) is 41.4 Å². The van der Waals surface area contributed by atoms with E-state index in [9.17, 15) is 19.5 Å². The van der Waals surface area contributed by atoms with Crippen LogP contribution in [0.4, 0.5) is 0 Å². The van der Waals surface area contributed by atoms with Crippen molar-refractivity contribution in [3.05, 3.63) is 84.0 Å². The summed E-state index contributed by atoms with van der Waals surface area (Å²) in [7, 11) is 0. The topological polar surface area (TPSA) is 118 Å². The fourth-order valence-corrected chi connectivity index (χ4v) is 3.82. The van der Waals surface area contributed by atoms with Gasteiger partial charge in [-0.25, -0.2) is 14.4 Å². The SMILES string of the molecule is C=C(C)C(=O)OCCOc1cc(-c2ccccc2)c(CCOC(=O)C(=C)C)c(OCCOC(=O)C(=C)C)c1CCCO. The van der Waals surface area contributed by atoms with Crippen molar-refractivity contribution in [3.63, 3.8) is 0 Å². The molecule has 0 spiro atoms. The van der Waals surface area contributed by atoms with E-state index in [1.54, 1.807) is 20.8 Å². The third kappa shape index (κ3) is 10.6. The molecule has 0 saturated carbocycles. The molecule has 0 bridgehead atoms. The molecule has 0 aliphatic rings. The van der Waals surface area contributed by atoms with Crippen LogP contribution in [0.3, 0.4) is 0 Å². The van der Waals surface area contributed by atoms with E-state index in [1.807, 2.05) is 36.4 Å². The van der Waals surface area contributed by atoms with Crippen molar-refractivity contribution in [1.29, 1.82) is 0 Å². The summed E-state index contributed by atoms with van der Waals surface area (Å²) in [4.78, 5) is 35.8. The van der Waals surface area contributed by atoms with Gasteiger partial charge < -0.3 is 28.8 Å². The zero-order valence-electron chi connectivity index (χ0n) is 24.7. The lowest BCUT2D eigenvalue weighted by Gasteiger charge is -2.23. The van der Waals surface area contributed by atoms with Gasteiger partial charge in [-0.1, -0.05) is 50.1 Å².